The Morgan fingerprint density at radius 2 is 1.84 bits per heavy atom. The molecule has 0 spiro atoms. The Morgan fingerprint density at radius 3 is 2.42 bits per heavy atom. The Kier molecular flexibility index (Phi) is 4.43. The standard InChI is InChI=1S/C15H17BrN2O/c1-11-4-9-14(17-15(11)16)18(2)10-12-5-7-13(19-3)8-6-12/h4-9H,10H2,1-3H3. The maximum atomic E-state index is 5.16. The van der Waals surface area contributed by atoms with Crippen molar-refractivity contribution in [2.75, 3.05) is 19.1 Å². The molecular weight excluding hydrogens is 304 g/mol. The molecule has 0 aliphatic carbocycles. The lowest BCUT2D eigenvalue weighted by Gasteiger charge is -2.19. The van der Waals surface area contributed by atoms with Gasteiger partial charge in [0.1, 0.15) is 16.2 Å². The van der Waals surface area contributed by atoms with Crippen LogP contribution in [0.25, 0.3) is 0 Å². The fraction of sp³-hybridized carbons (Fsp3) is 0.267. The molecule has 2 aromatic rings. The summed E-state index contributed by atoms with van der Waals surface area (Å²) in [6, 6.07) is 12.2. The number of pyridine rings is 1. The molecule has 0 radical (unpaired) electrons. The van der Waals surface area contributed by atoms with E-state index in [0.29, 0.717) is 0 Å². The summed E-state index contributed by atoms with van der Waals surface area (Å²) in [4.78, 5) is 6.64. The van der Waals surface area contributed by atoms with Crippen LogP contribution >= 0.6 is 15.9 Å². The summed E-state index contributed by atoms with van der Waals surface area (Å²) in [5, 5.41) is 0. The number of ether oxygens (including phenoxy) is 1. The van der Waals surface area contributed by atoms with Crippen molar-refractivity contribution in [3.63, 3.8) is 0 Å². The zero-order chi connectivity index (χ0) is 13.8. The van der Waals surface area contributed by atoms with Gasteiger partial charge in [0.05, 0.1) is 7.11 Å². The highest BCUT2D eigenvalue weighted by atomic mass is 79.9. The summed E-state index contributed by atoms with van der Waals surface area (Å²) < 4.78 is 6.05. The molecule has 100 valence electrons. The summed E-state index contributed by atoms with van der Waals surface area (Å²) in [6.07, 6.45) is 0. The summed E-state index contributed by atoms with van der Waals surface area (Å²) in [6.45, 7) is 2.84. The Morgan fingerprint density at radius 1 is 1.16 bits per heavy atom. The van der Waals surface area contributed by atoms with E-state index in [4.69, 9.17) is 4.74 Å². The molecule has 0 aliphatic rings. The second kappa shape index (κ2) is 6.06. The zero-order valence-electron chi connectivity index (χ0n) is 11.4. The second-order valence-corrected chi connectivity index (χ2v) is 5.23. The molecule has 3 nitrogen and oxygen atoms in total. The van der Waals surface area contributed by atoms with Gasteiger partial charge in [-0.3, -0.25) is 0 Å². The van der Waals surface area contributed by atoms with E-state index in [-0.39, 0.29) is 0 Å². The molecule has 2 rings (SSSR count). The van der Waals surface area contributed by atoms with Gasteiger partial charge in [-0.05, 0) is 52.2 Å². The molecule has 0 unspecified atom stereocenters. The van der Waals surface area contributed by atoms with Crippen molar-refractivity contribution in [3.8, 4) is 5.75 Å². The molecule has 0 N–H and O–H groups in total. The number of rotatable bonds is 4. The first-order valence-electron chi connectivity index (χ1n) is 6.07. The zero-order valence-corrected chi connectivity index (χ0v) is 12.9. The highest BCUT2D eigenvalue weighted by Crippen LogP contribution is 2.20. The van der Waals surface area contributed by atoms with E-state index in [1.54, 1.807) is 7.11 Å². The van der Waals surface area contributed by atoms with E-state index in [9.17, 15) is 0 Å². The predicted octanol–water partition coefficient (Wildman–Crippen LogP) is 3.80. The van der Waals surface area contributed by atoms with Crippen LogP contribution in [0.3, 0.4) is 0 Å². The van der Waals surface area contributed by atoms with E-state index in [1.807, 2.05) is 32.2 Å². The van der Waals surface area contributed by atoms with Gasteiger partial charge in [0.25, 0.3) is 0 Å². The largest absolute Gasteiger partial charge is 0.497 e. The van der Waals surface area contributed by atoms with E-state index < -0.39 is 0 Å². The van der Waals surface area contributed by atoms with Gasteiger partial charge in [-0.15, -0.1) is 0 Å². The van der Waals surface area contributed by atoms with Gasteiger partial charge in [-0.2, -0.15) is 0 Å². The quantitative estimate of drug-likeness (QED) is 0.801. The lowest BCUT2D eigenvalue weighted by atomic mass is 10.2. The molecule has 1 heterocycles. The van der Waals surface area contributed by atoms with Crippen LogP contribution in [0.4, 0.5) is 5.82 Å². The number of benzene rings is 1. The van der Waals surface area contributed by atoms with Crippen LogP contribution < -0.4 is 9.64 Å². The molecule has 19 heavy (non-hydrogen) atoms. The van der Waals surface area contributed by atoms with Gasteiger partial charge in [-0.25, -0.2) is 4.98 Å². The van der Waals surface area contributed by atoms with Crippen LogP contribution in [-0.4, -0.2) is 19.1 Å². The first-order valence-corrected chi connectivity index (χ1v) is 6.86. The van der Waals surface area contributed by atoms with Gasteiger partial charge < -0.3 is 9.64 Å². The normalized spacial score (nSPS) is 10.3. The van der Waals surface area contributed by atoms with E-state index >= 15 is 0 Å². The number of hydrogen-bond donors (Lipinski definition) is 0. The Labute approximate surface area is 122 Å². The Bertz CT molecular complexity index is 555. The van der Waals surface area contributed by atoms with Crippen molar-refractivity contribution < 1.29 is 4.74 Å². The minimum atomic E-state index is 0.812. The van der Waals surface area contributed by atoms with Crippen molar-refractivity contribution >= 4 is 21.7 Å². The van der Waals surface area contributed by atoms with Crippen LogP contribution in [0, 0.1) is 6.92 Å². The summed E-state index contributed by atoms with van der Waals surface area (Å²) >= 11 is 3.46. The topological polar surface area (TPSA) is 25.4 Å². The maximum Gasteiger partial charge on any atom is 0.129 e. The summed E-state index contributed by atoms with van der Waals surface area (Å²) in [5.41, 5.74) is 2.36. The average molecular weight is 321 g/mol. The molecule has 0 aliphatic heterocycles. The first-order chi connectivity index (χ1) is 9.10. The molecule has 1 aromatic carbocycles. The number of hydrogen-bond acceptors (Lipinski definition) is 3. The SMILES string of the molecule is COc1ccc(CN(C)c2ccc(C)c(Br)n2)cc1. The van der Waals surface area contributed by atoms with Crippen LogP contribution in [0.15, 0.2) is 41.0 Å². The third-order valence-electron chi connectivity index (χ3n) is 2.99. The minimum Gasteiger partial charge on any atom is -0.497 e. The lowest BCUT2D eigenvalue weighted by molar-refractivity contribution is 0.414. The second-order valence-electron chi connectivity index (χ2n) is 4.48. The van der Waals surface area contributed by atoms with Gasteiger partial charge in [-0.1, -0.05) is 18.2 Å². The minimum absolute atomic E-state index is 0.812. The van der Waals surface area contributed by atoms with Crippen molar-refractivity contribution in [2.45, 2.75) is 13.5 Å². The molecule has 0 saturated heterocycles. The van der Waals surface area contributed by atoms with Crippen LogP contribution in [0.2, 0.25) is 0 Å². The highest BCUT2D eigenvalue weighted by molar-refractivity contribution is 9.10. The number of aromatic nitrogens is 1. The van der Waals surface area contributed by atoms with Crippen molar-refractivity contribution in [2.24, 2.45) is 0 Å². The number of halogens is 1. The van der Waals surface area contributed by atoms with Crippen molar-refractivity contribution in [3.05, 3.63) is 52.1 Å². The fourth-order valence-corrected chi connectivity index (χ4v) is 2.11. The van der Waals surface area contributed by atoms with Gasteiger partial charge in [0.2, 0.25) is 0 Å². The average Bonchev–Trinajstić information content (AvgIpc) is 2.42. The monoisotopic (exact) mass is 320 g/mol. The summed E-state index contributed by atoms with van der Waals surface area (Å²) in [7, 11) is 3.71. The Hall–Kier alpha value is -1.55. The van der Waals surface area contributed by atoms with Gasteiger partial charge >= 0.3 is 0 Å². The third kappa shape index (κ3) is 3.47. The number of aryl methyl sites for hydroxylation is 1. The number of nitrogens with zero attached hydrogens (tertiary/aromatic N) is 2. The highest BCUT2D eigenvalue weighted by Gasteiger charge is 2.05. The van der Waals surface area contributed by atoms with Gasteiger partial charge in [0.15, 0.2) is 0 Å². The lowest BCUT2D eigenvalue weighted by Crippen LogP contribution is -2.17. The van der Waals surface area contributed by atoms with E-state index in [2.05, 4.69) is 44.0 Å². The third-order valence-corrected chi connectivity index (χ3v) is 3.79. The van der Waals surface area contributed by atoms with E-state index in [0.717, 1.165) is 28.3 Å². The van der Waals surface area contributed by atoms with Crippen LogP contribution in [0.5, 0.6) is 5.75 Å². The molecule has 0 fully saturated rings. The molecule has 0 bridgehead atoms. The van der Waals surface area contributed by atoms with Gasteiger partial charge in [0, 0.05) is 13.6 Å². The van der Waals surface area contributed by atoms with Crippen LogP contribution in [0.1, 0.15) is 11.1 Å². The molecular formula is C15H17BrN2O. The molecule has 0 atom stereocenters. The number of anilines is 1. The molecule has 0 amide bonds. The fourth-order valence-electron chi connectivity index (χ4n) is 1.79. The van der Waals surface area contributed by atoms with Crippen LogP contribution in [-0.2, 0) is 6.54 Å². The Balaban J connectivity index is 2.10. The molecule has 1 aromatic heterocycles. The summed E-state index contributed by atoms with van der Waals surface area (Å²) in [5.74, 6) is 1.83. The van der Waals surface area contributed by atoms with E-state index in [1.165, 1.54) is 5.56 Å². The van der Waals surface area contributed by atoms with Crippen molar-refractivity contribution in [1.82, 2.24) is 4.98 Å². The first kappa shape index (κ1) is 13.9. The number of methoxy groups -OCH3 is 1. The smallest absolute Gasteiger partial charge is 0.129 e. The maximum absolute atomic E-state index is 5.16. The predicted molar refractivity (Wildman–Crippen MR) is 81.8 cm³/mol. The molecule has 0 saturated carbocycles. The van der Waals surface area contributed by atoms with Crippen molar-refractivity contribution in [1.29, 1.82) is 0 Å². The molecule has 4 heteroatoms.